The minimum atomic E-state index is -0.120. The second-order valence-electron chi connectivity index (χ2n) is 5.09. The van der Waals surface area contributed by atoms with Gasteiger partial charge in [0.1, 0.15) is 6.54 Å². The SMILES string of the molecule is Cc1nn(CC(=O)NC(C)c2cccc(Cl)c2)c(C)c1N. The van der Waals surface area contributed by atoms with Crippen molar-refractivity contribution in [1.29, 1.82) is 0 Å². The fraction of sp³-hybridized carbons (Fsp3) is 0.333. The molecule has 0 saturated carbocycles. The van der Waals surface area contributed by atoms with E-state index in [0.29, 0.717) is 10.7 Å². The van der Waals surface area contributed by atoms with Gasteiger partial charge in [-0.05, 0) is 38.5 Å². The zero-order valence-corrected chi connectivity index (χ0v) is 13.1. The van der Waals surface area contributed by atoms with Crippen LogP contribution in [0.5, 0.6) is 0 Å². The number of aromatic nitrogens is 2. The Balaban J connectivity index is 2.03. The molecule has 1 heterocycles. The number of nitrogens with zero attached hydrogens (tertiary/aromatic N) is 2. The molecule has 6 heteroatoms. The van der Waals surface area contributed by atoms with Crippen LogP contribution in [-0.2, 0) is 11.3 Å². The van der Waals surface area contributed by atoms with Gasteiger partial charge in [0, 0.05) is 5.02 Å². The van der Waals surface area contributed by atoms with E-state index in [0.717, 1.165) is 17.0 Å². The minimum absolute atomic E-state index is 0.118. The molecule has 112 valence electrons. The Morgan fingerprint density at radius 3 is 2.76 bits per heavy atom. The van der Waals surface area contributed by atoms with Crippen LogP contribution in [0.1, 0.15) is 29.9 Å². The van der Waals surface area contributed by atoms with Crippen LogP contribution in [0.2, 0.25) is 5.02 Å². The number of nitrogen functional groups attached to an aromatic ring is 1. The molecule has 1 unspecified atom stereocenters. The summed E-state index contributed by atoms with van der Waals surface area (Å²) >= 11 is 5.96. The number of anilines is 1. The van der Waals surface area contributed by atoms with Gasteiger partial charge >= 0.3 is 0 Å². The number of hydrogen-bond acceptors (Lipinski definition) is 3. The number of carbonyl (C=O) groups is 1. The molecule has 0 radical (unpaired) electrons. The van der Waals surface area contributed by atoms with Gasteiger partial charge in [-0.15, -0.1) is 0 Å². The van der Waals surface area contributed by atoms with E-state index in [-0.39, 0.29) is 18.5 Å². The molecule has 1 aromatic heterocycles. The molecule has 0 bridgehead atoms. The van der Waals surface area contributed by atoms with Crippen molar-refractivity contribution in [3.05, 3.63) is 46.2 Å². The maximum absolute atomic E-state index is 12.1. The molecular formula is C15H19ClN4O. The lowest BCUT2D eigenvalue weighted by Gasteiger charge is -2.15. The lowest BCUT2D eigenvalue weighted by atomic mass is 10.1. The van der Waals surface area contributed by atoms with Gasteiger partial charge in [-0.2, -0.15) is 5.10 Å². The number of nitrogens with two attached hydrogens (primary N) is 1. The van der Waals surface area contributed by atoms with E-state index < -0.39 is 0 Å². The Morgan fingerprint density at radius 2 is 2.19 bits per heavy atom. The van der Waals surface area contributed by atoms with Crippen molar-refractivity contribution in [3.63, 3.8) is 0 Å². The van der Waals surface area contributed by atoms with Crippen molar-refractivity contribution < 1.29 is 4.79 Å². The topological polar surface area (TPSA) is 72.9 Å². The number of halogens is 1. The third-order valence-electron chi connectivity index (χ3n) is 3.46. The van der Waals surface area contributed by atoms with Crippen LogP contribution in [0.4, 0.5) is 5.69 Å². The van der Waals surface area contributed by atoms with E-state index in [1.807, 2.05) is 39.0 Å². The van der Waals surface area contributed by atoms with Crippen molar-refractivity contribution in [2.45, 2.75) is 33.4 Å². The summed E-state index contributed by atoms with van der Waals surface area (Å²) in [5.74, 6) is -0.118. The maximum atomic E-state index is 12.1. The molecule has 0 spiro atoms. The first-order chi connectivity index (χ1) is 9.88. The summed E-state index contributed by atoms with van der Waals surface area (Å²) in [6.07, 6.45) is 0. The molecule has 5 nitrogen and oxygen atoms in total. The van der Waals surface area contributed by atoms with Gasteiger partial charge in [-0.25, -0.2) is 0 Å². The summed E-state index contributed by atoms with van der Waals surface area (Å²) in [6, 6.07) is 7.32. The number of hydrogen-bond donors (Lipinski definition) is 2. The molecule has 0 aliphatic rings. The molecule has 0 fully saturated rings. The standard InChI is InChI=1S/C15H19ClN4O/c1-9(12-5-4-6-13(16)7-12)18-14(21)8-20-11(3)15(17)10(2)19-20/h4-7,9H,8,17H2,1-3H3,(H,18,21). The van der Waals surface area contributed by atoms with Crippen LogP contribution in [-0.4, -0.2) is 15.7 Å². The van der Waals surface area contributed by atoms with Crippen molar-refractivity contribution in [2.24, 2.45) is 0 Å². The molecule has 3 N–H and O–H groups in total. The van der Waals surface area contributed by atoms with Crippen LogP contribution >= 0.6 is 11.6 Å². The minimum Gasteiger partial charge on any atom is -0.396 e. The highest BCUT2D eigenvalue weighted by Crippen LogP contribution is 2.18. The second kappa shape index (κ2) is 6.18. The third-order valence-corrected chi connectivity index (χ3v) is 3.69. The zero-order chi connectivity index (χ0) is 15.6. The zero-order valence-electron chi connectivity index (χ0n) is 12.4. The Hall–Kier alpha value is -2.01. The lowest BCUT2D eigenvalue weighted by molar-refractivity contribution is -0.122. The molecule has 2 aromatic rings. The highest BCUT2D eigenvalue weighted by atomic mass is 35.5. The Labute approximate surface area is 129 Å². The summed E-state index contributed by atoms with van der Waals surface area (Å²) in [5.41, 5.74) is 8.99. The summed E-state index contributed by atoms with van der Waals surface area (Å²) in [4.78, 5) is 12.1. The highest BCUT2D eigenvalue weighted by Gasteiger charge is 2.14. The van der Waals surface area contributed by atoms with Gasteiger partial charge in [0.05, 0.1) is 23.1 Å². The van der Waals surface area contributed by atoms with Crippen molar-refractivity contribution in [2.75, 3.05) is 5.73 Å². The number of nitrogens with one attached hydrogen (secondary N) is 1. The molecule has 0 aliphatic heterocycles. The monoisotopic (exact) mass is 306 g/mol. The molecule has 1 amide bonds. The summed E-state index contributed by atoms with van der Waals surface area (Å²) in [5, 5.41) is 7.83. The van der Waals surface area contributed by atoms with Crippen molar-refractivity contribution >= 4 is 23.2 Å². The third kappa shape index (κ3) is 3.55. The van der Waals surface area contributed by atoms with Gasteiger partial charge in [0.2, 0.25) is 5.91 Å². The smallest absolute Gasteiger partial charge is 0.242 e. The molecule has 21 heavy (non-hydrogen) atoms. The average molecular weight is 307 g/mol. The predicted octanol–water partition coefficient (Wildman–Crippen LogP) is 2.61. The summed E-state index contributed by atoms with van der Waals surface area (Å²) < 4.78 is 1.62. The Bertz CT molecular complexity index is 666. The number of carbonyl (C=O) groups excluding carboxylic acids is 1. The van der Waals surface area contributed by atoms with Crippen LogP contribution in [0, 0.1) is 13.8 Å². The van der Waals surface area contributed by atoms with Gasteiger partial charge in [0.25, 0.3) is 0 Å². The maximum Gasteiger partial charge on any atom is 0.242 e. The van der Waals surface area contributed by atoms with Crippen LogP contribution in [0.25, 0.3) is 0 Å². The lowest BCUT2D eigenvalue weighted by Crippen LogP contribution is -2.30. The van der Waals surface area contributed by atoms with E-state index in [4.69, 9.17) is 17.3 Å². The van der Waals surface area contributed by atoms with E-state index in [2.05, 4.69) is 10.4 Å². The first-order valence-electron chi connectivity index (χ1n) is 6.72. The largest absolute Gasteiger partial charge is 0.396 e. The van der Waals surface area contributed by atoms with Gasteiger partial charge < -0.3 is 11.1 Å². The average Bonchev–Trinajstić information content (AvgIpc) is 2.66. The van der Waals surface area contributed by atoms with Crippen molar-refractivity contribution in [3.8, 4) is 0 Å². The van der Waals surface area contributed by atoms with E-state index >= 15 is 0 Å². The molecular weight excluding hydrogens is 288 g/mol. The normalized spacial score (nSPS) is 12.2. The fourth-order valence-corrected chi connectivity index (χ4v) is 2.35. The molecule has 0 saturated heterocycles. The fourth-order valence-electron chi connectivity index (χ4n) is 2.15. The summed E-state index contributed by atoms with van der Waals surface area (Å²) in [7, 11) is 0. The highest BCUT2D eigenvalue weighted by molar-refractivity contribution is 6.30. The Morgan fingerprint density at radius 1 is 1.48 bits per heavy atom. The van der Waals surface area contributed by atoms with Gasteiger partial charge in [-0.1, -0.05) is 23.7 Å². The van der Waals surface area contributed by atoms with Crippen LogP contribution < -0.4 is 11.1 Å². The van der Waals surface area contributed by atoms with Gasteiger partial charge in [0.15, 0.2) is 0 Å². The summed E-state index contributed by atoms with van der Waals surface area (Å²) in [6.45, 7) is 5.74. The Kier molecular flexibility index (Phi) is 4.53. The second-order valence-corrected chi connectivity index (χ2v) is 5.52. The van der Waals surface area contributed by atoms with E-state index in [9.17, 15) is 4.79 Å². The van der Waals surface area contributed by atoms with Crippen LogP contribution in [0.3, 0.4) is 0 Å². The molecule has 0 aliphatic carbocycles. The first kappa shape index (κ1) is 15.4. The molecule has 1 aromatic carbocycles. The predicted molar refractivity (Wildman–Crippen MR) is 84.1 cm³/mol. The molecule has 1 atom stereocenters. The number of amides is 1. The van der Waals surface area contributed by atoms with Gasteiger partial charge in [-0.3, -0.25) is 9.48 Å². The van der Waals surface area contributed by atoms with Crippen LogP contribution in [0.15, 0.2) is 24.3 Å². The van der Waals surface area contributed by atoms with Crippen molar-refractivity contribution in [1.82, 2.24) is 15.1 Å². The number of benzene rings is 1. The first-order valence-corrected chi connectivity index (χ1v) is 7.10. The number of rotatable bonds is 4. The van der Waals surface area contributed by atoms with E-state index in [1.54, 1.807) is 10.7 Å². The quantitative estimate of drug-likeness (QED) is 0.912. The van der Waals surface area contributed by atoms with E-state index in [1.165, 1.54) is 0 Å². The number of aryl methyl sites for hydroxylation is 1. The molecule has 2 rings (SSSR count).